The Morgan fingerprint density at radius 3 is 2.69 bits per heavy atom. The Balaban J connectivity index is 3.06. The molecule has 88 valence electrons. The fourth-order valence-corrected chi connectivity index (χ4v) is 1.11. The summed E-state index contributed by atoms with van der Waals surface area (Å²) in [4.78, 5) is 14.8. The summed E-state index contributed by atoms with van der Waals surface area (Å²) in [6, 6.07) is 2.55. The molecule has 0 fully saturated rings. The highest BCUT2D eigenvalue weighted by Crippen LogP contribution is 2.27. The van der Waals surface area contributed by atoms with Crippen molar-refractivity contribution in [1.82, 2.24) is 4.98 Å². The number of carbonyl (C=O) groups is 1. The lowest BCUT2D eigenvalue weighted by Gasteiger charge is -2.08. The average molecular weight is 231 g/mol. The van der Waals surface area contributed by atoms with Crippen LogP contribution in [0.25, 0.3) is 0 Å². The summed E-state index contributed by atoms with van der Waals surface area (Å²) in [5, 5.41) is 0. The van der Waals surface area contributed by atoms with Gasteiger partial charge in [0, 0.05) is 0 Å². The molecule has 0 bridgehead atoms. The van der Waals surface area contributed by atoms with Gasteiger partial charge in [0.05, 0.1) is 13.7 Å². The molecule has 0 N–H and O–H groups in total. The van der Waals surface area contributed by atoms with E-state index in [1.165, 1.54) is 19.2 Å². The van der Waals surface area contributed by atoms with E-state index in [0.29, 0.717) is 0 Å². The molecule has 0 aromatic carbocycles. The molecule has 1 aromatic heterocycles. The summed E-state index contributed by atoms with van der Waals surface area (Å²) in [5.74, 6) is -0.782. The Morgan fingerprint density at radius 2 is 2.19 bits per heavy atom. The van der Waals surface area contributed by atoms with E-state index in [4.69, 9.17) is 4.74 Å². The molecule has 0 amide bonds. The minimum atomic E-state index is -2.80. The Labute approximate surface area is 91.2 Å². The van der Waals surface area contributed by atoms with E-state index in [-0.39, 0.29) is 18.1 Å². The Morgan fingerprint density at radius 1 is 1.50 bits per heavy atom. The van der Waals surface area contributed by atoms with Crippen molar-refractivity contribution in [2.45, 2.75) is 13.3 Å². The highest BCUT2D eigenvalue weighted by Gasteiger charge is 2.19. The molecule has 0 saturated carbocycles. The summed E-state index contributed by atoms with van der Waals surface area (Å²) in [6.45, 7) is 1.78. The second-order valence-corrected chi connectivity index (χ2v) is 2.81. The number of pyridine rings is 1. The largest absolute Gasteiger partial charge is 0.495 e. The molecule has 1 heterocycles. The lowest BCUT2D eigenvalue weighted by Crippen LogP contribution is -2.09. The van der Waals surface area contributed by atoms with Crippen molar-refractivity contribution in [2.75, 3.05) is 13.7 Å². The van der Waals surface area contributed by atoms with Gasteiger partial charge in [-0.3, -0.25) is 0 Å². The van der Waals surface area contributed by atoms with Crippen LogP contribution in [-0.2, 0) is 4.74 Å². The maximum Gasteiger partial charge on any atom is 0.356 e. The predicted octanol–water partition coefficient (Wildman–Crippen LogP) is 2.20. The number of halogens is 2. The minimum Gasteiger partial charge on any atom is -0.495 e. The van der Waals surface area contributed by atoms with Crippen LogP contribution in [0.15, 0.2) is 12.1 Å². The highest BCUT2D eigenvalue weighted by molar-refractivity contribution is 5.87. The number of ether oxygens (including phenoxy) is 2. The zero-order chi connectivity index (χ0) is 12.1. The van der Waals surface area contributed by atoms with Crippen molar-refractivity contribution in [3.63, 3.8) is 0 Å². The summed E-state index contributed by atoms with van der Waals surface area (Å²) in [7, 11) is 1.26. The first-order chi connectivity index (χ1) is 7.60. The first-order valence-corrected chi connectivity index (χ1v) is 4.60. The molecule has 0 aliphatic carbocycles. The molecule has 0 unspecified atom stereocenters. The lowest BCUT2D eigenvalue weighted by molar-refractivity contribution is 0.0517. The van der Waals surface area contributed by atoms with Crippen LogP contribution in [0.4, 0.5) is 8.78 Å². The topological polar surface area (TPSA) is 48.4 Å². The van der Waals surface area contributed by atoms with Crippen LogP contribution in [0.3, 0.4) is 0 Å². The van der Waals surface area contributed by atoms with Crippen molar-refractivity contribution in [3.8, 4) is 5.75 Å². The number of nitrogens with zero attached hydrogens (tertiary/aromatic N) is 1. The van der Waals surface area contributed by atoms with Gasteiger partial charge >= 0.3 is 5.97 Å². The van der Waals surface area contributed by atoms with E-state index in [1.54, 1.807) is 6.92 Å². The van der Waals surface area contributed by atoms with E-state index in [9.17, 15) is 13.6 Å². The minimum absolute atomic E-state index is 0.0527. The normalized spacial score (nSPS) is 10.3. The monoisotopic (exact) mass is 231 g/mol. The number of carbonyl (C=O) groups excluding carboxylic acids is 1. The Bertz CT molecular complexity index is 382. The summed E-state index contributed by atoms with van der Waals surface area (Å²) >= 11 is 0. The van der Waals surface area contributed by atoms with Crippen LogP contribution in [0, 0.1) is 0 Å². The molecule has 1 rings (SSSR count). The standard InChI is InChI=1S/C10H11F2NO3/c1-3-16-10(14)6-4-5-7(15-2)8(13-6)9(11)12/h4-5,9H,3H2,1-2H3. The van der Waals surface area contributed by atoms with Crippen molar-refractivity contribution in [2.24, 2.45) is 0 Å². The van der Waals surface area contributed by atoms with Gasteiger partial charge in [-0.1, -0.05) is 0 Å². The number of hydrogen-bond acceptors (Lipinski definition) is 4. The van der Waals surface area contributed by atoms with Gasteiger partial charge in [0.25, 0.3) is 6.43 Å². The van der Waals surface area contributed by atoms with Gasteiger partial charge in [-0.25, -0.2) is 18.6 Å². The van der Waals surface area contributed by atoms with Crippen LogP contribution < -0.4 is 4.74 Å². The van der Waals surface area contributed by atoms with Gasteiger partial charge in [0.2, 0.25) is 0 Å². The quantitative estimate of drug-likeness (QED) is 0.745. The van der Waals surface area contributed by atoms with E-state index in [1.807, 2.05) is 0 Å². The average Bonchev–Trinajstić information content (AvgIpc) is 2.28. The van der Waals surface area contributed by atoms with E-state index >= 15 is 0 Å². The van der Waals surface area contributed by atoms with Crippen LogP contribution in [0.5, 0.6) is 5.75 Å². The fourth-order valence-electron chi connectivity index (χ4n) is 1.11. The van der Waals surface area contributed by atoms with Gasteiger partial charge in [-0.15, -0.1) is 0 Å². The van der Waals surface area contributed by atoms with Crippen LogP contribution in [0.2, 0.25) is 0 Å². The number of hydrogen-bond donors (Lipinski definition) is 0. The predicted molar refractivity (Wildman–Crippen MR) is 51.7 cm³/mol. The number of methoxy groups -OCH3 is 1. The third kappa shape index (κ3) is 2.65. The second kappa shape index (κ2) is 5.39. The molecule has 0 aliphatic heterocycles. The number of alkyl halides is 2. The third-order valence-corrected chi connectivity index (χ3v) is 1.80. The SMILES string of the molecule is CCOC(=O)c1ccc(OC)c(C(F)F)n1. The van der Waals surface area contributed by atoms with Gasteiger partial charge in [-0.2, -0.15) is 0 Å². The summed E-state index contributed by atoms with van der Waals surface area (Å²) < 4.78 is 34.5. The first kappa shape index (κ1) is 12.4. The molecule has 4 nitrogen and oxygen atoms in total. The first-order valence-electron chi connectivity index (χ1n) is 4.60. The van der Waals surface area contributed by atoms with Gasteiger partial charge in [0.1, 0.15) is 17.1 Å². The molecule has 6 heteroatoms. The third-order valence-electron chi connectivity index (χ3n) is 1.80. The molecule has 0 aliphatic rings. The summed E-state index contributed by atoms with van der Waals surface area (Å²) in [6.07, 6.45) is -2.80. The van der Waals surface area contributed by atoms with Crippen molar-refractivity contribution in [1.29, 1.82) is 0 Å². The molecule has 16 heavy (non-hydrogen) atoms. The van der Waals surface area contributed by atoms with Gasteiger partial charge < -0.3 is 9.47 Å². The van der Waals surface area contributed by atoms with Gasteiger partial charge in [-0.05, 0) is 19.1 Å². The molecule has 1 aromatic rings. The maximum absolute atomic E-state index is 12.5. The molecule has 0 saturated heterocycles. The van der Waals surface area contributed by atoms with Gasteiger partial charge in [0.15, 0.2) is 0 Å². The van der Waals surface area contributed by atoms with Crippen LogP contribution in [0.1, 0.15) is 29.5 Å². The Kier molecular flexibility index (Phi) is 4.16. The molecule has 0 atom stereocenters. The van der Waals surface area contributed by atoms with Crippen molar-refractivity contribution < 1.29 is 23.0 Å². The number of esters is 1. The lowest BCUT2D eigenvalue weighted by atomic mass is 10.3. The Hall–Kier alpha value is -1.72. The van der Waals surface area contributed by atoms with E-state index < -0.39 is 18.1 Å². The highest BCUT2D eigenvalue weighted by atomic mass is 19.3. The number of aromatic nitrogens is 1. The van der Waals surface area contributed by atoms with Crippen LogP contribution >= 0.6 is 0 Å². The molecular formula is C10H11F2NO3. The number of rotatable bonds is 4. The summed E-state index contributed by atoms with van der Waals surface area (Å²) in [5.41, 5.74) is -0.717. The smallest absolute Gasteiger partial charge is 0.356 e. The fraction of sp³-hybridized carbons (Fsp3) is 0.400. The van der Waals surface area contributed by atoms with Crippen molar-refractivity contribution >= 4 is 5.97 Å². The molecule has 0 radical (unpaired) electrons. The maximum atomic E-state index is 12.5. The molecular weight excluding hydrogens is 220 g/mol. The van der Waals surface area contributed by atoms with E-state index in [2.05, 4.69) is 9.72 Å². The van der Waals surface area contributed by atoms with Crippen molar-refractivity contribution in [3.05, 3.63) is 23.5 Å². The second-order valence-electron chi connectivity index (χ2n) is 2.81. The molecule has 0 spiro atoms. The van der Waals surface area contributed by atoms with Crippen LogP contribution in [-0.4, -0.2) is 24.7 Å². The zero-order valence-electron chi connectivity index (χ0n) is 8.87. The zero-order valence-corrected chi connectivity index (χ0v) is 8.87. The van der Waals surface area contributed by atoms with E-state index in [0.717, 1.165) is 0 Å².